The Morgan fingerprint density at radius 3 is 2.83 bits per heavy atom. The van der Waals surface area contributed by atoms with E-state index in [1.54, 1.807) is 6.20 Å². The van der Waals surface area contributed by atoms with Crippen molar-refractivity contribution in [2.24, 2.45) is 0 Å². The Bertz CT molecular complexity index is 830. The number of hydrogen-bond donors (Lipinski definition) is 3. The van der Waals surface area contributed by atoms with Gasteiger partial charge in [0.1, 0.15) is 0 Å². The second kappa shape index (κ2) is 9.50. The number of benzene rings is 1. The quantitative estimate of drug-likeness (QED) is 0.692. The molecule has 7 nitrogen and oxygen atoms in total. The molecule has 156 valence electrons. The Balaban J connectivity index is 1.36. The predicted octanol–water partition coefficient (Wildman–Crippen LogP) is 3.03. The zero-order valence-corrected chi connectivity index (χ0v) is 16.8. The van der Waals surface area contributed by atoms with Crippen LogP contribution in [0.5, 0.6) is 0 Å². The van der Waals surface area contributed by atoms with E-state index in [0.29, 0.717) is 18.1 Å². The zero-order valence-electron chi connectivity index (χ0n) is 16.8. The van der Waals surface area contributed by atoms with Gasteiger partial charge in [0.05, 0.1) is 17.7 Å². The first-order chi connectivity index (χ1) is 14.2. The Morgan fingerprint density at radius 2 is 2.03 bits per heavy atom. The highest BCUT2D eigenvalue weighted by atomic mass is 16.5. The van der Waals surface area contributed by atoms with Crippen LogP contribution in [-0.4, -0.2) is 52.4 Å². The summed E-state index contributed by atoms with van der Waals surface area (Å²) in [7, 11) is 0. The molecule has 1 saturated carbocycles. The van der Waals surface area contributed by atoms with Crippen molar-refractivity contribution in [3.05, 3.63) is 30.0 Å². The standard InChI is InChI=1S/C22H30N4O3/c27-18-8-6-17(7-9-18)25-22-24-14-16-5-4-15(13-20(16)26-22)21(28)23-11-10-19-3-1-2-12-29-19/h4-5,13-14,17-19,27H,1-3,6-12H2,(H,23,28)(H,24,25,26). The van der Waals surface area contributed by atoms with Gasteiger partial charge < -0.3 is 20.5 Å². The predicted molar refractivity (Wildman–Crippen MR) is 112 cm³/mol. The van der Waals surface area contributed by atoms with Crippen molar-refractivity contribution < 1.29 is 14.6 Å². The maximum Gasteiger partial charge on any atom is 0.251 e. The first kappa shape index (κ1) is 20.0. The summed E-state index contributed by atoms with van der Waals surface area (Å²) >= 11 is 0. The maximum atomic E-state index is 12.5. The number of rotatable bonds is 6. The third-order valence-corrected chi connectivity index (χ3v) is 5.90. The van der Waals surface area contributed by atoms with Crippen LogP contribution in [0.1, 0.15) is 61.7 Å². The number of nitrogens with zero attached hydrogens (tertiary/aromatic N) is 2. The molecule has 1 amide bonds. The third-order valence-electron chi connectivity index (χ3n) is 5.90. The largest absolute Gasteiger partial charge is 0.393 e. The van der Waals surface area contributed by atoms with Gasteiger partial charge in [0.2, 0.25) is 5.95 Å². The van der Waals surface area contributed by atoms with Gasteiger partial charge >= 0.3 is 0 Å². The number of fused-ring (bicyclic) bond motifs is 1. The summed E-state index contributed by atoms with van der Waals surface area (Å²) < 4.78 is 5.72. The number of aliphatic hydroxyl groups is 1. The summed E-state index contributed by atoms with van der Waals surface area (Å²) in [5, 5.41) is 16.9. The number of aliphatic hydroxyl groups excluding tert-OH is 1. The van der Waals surface area contributed by atoms with Gasteiger partial charge in [-0.1, -0.05) is 6.07 Å². The topological polar surface area (TPSA) is 96.4 Å². The van der Waals surface area contributed by atoms with Gasteiger partial charge in [-0.2, -0.15) is 0 Å². The minimum atomic E-state index is -0.184. The highest BCUT2D eigenvalue weighted by Crippen LogP contribution is 2.22. The van der Waals surface area contributed by atoms with Crippen LogP contribution in [0.4, 0.5) is 5.95 Å². The molecule has 29 heavy (non-hydrogen) atoms. The lowest BCUT2D eigenvalue weighted by molar-refractivity contribution is 0.0117. The van der Waals surface area contributed by atoms with Crippen LogP contribution in [0.25, 0.3) is 10.9 Å². The van der Waals surface area contributed by atoms with Crippen molar-refractivity contribution in [3.63, 3.8) is 0 Å². The van der Waals surface area contributed by atoms with Crippen LogP contribution in [0, 0.1) is 0 Å². The normalized spacial score (nSPS) is 24.9. The fraction of sp³-hybridized carbons (Fsp3) is 0.591. The number of hydrogen-bond acceptors (Lipinski definition) is 6. The number of anilines is 1. The number of carbonyl (C=O) groups excluding carboxylic acids is 1. The molecule has 0 radical (unpaired) electrons. The molecule has 1 aliphatic heterocycles. The molecule has 2 fully saturated rings. The second-order valence-corrected chi connectivity index (χ2v) is 8.15. The van der Waals surface area contributed by atoms with Crippen LogP contribution < -0.4 is 10.6 Å². The lowest BCUT2D eigenvalue weighted by Gasteiger charge is -2.26. The summed E-state index contributed by atoms with van der Waals surface area (Å²) in [6.07, 6.45) is 9.59. The highest BCUT2D eigenvalue weighted by Gasteiger charge is 2.20. The summed E-state index contributed by atoms with van der Waals surface area (Å²) in [6, 6.07) is 5.80. The molecule has 3 N–H and O–H groups in total. The molecular formula is C22H30N4O3. The van der Waals surface area contributed by atoms with Crippen LogP contribution >= 0.6 is 0 Å². The van der Waals surface area contributed by atoms with Crippen molar-refractivity contribution >= 4 is 22.8 Å². The smallest absolute Gasteiger partial charge is 0.251 e. The molecule has 4 rings (SSSR count). The van der Waals surface area contributed by atoms with Crippen LogP contribution in [0.15, 0.2) is 24.4 Å². The SMILES string of the molecule is O=C(NCCC1CCCCO1)c1ccc2cnc(NC3CCC(O)CC3)nc2c1. The van der Waals surface area contributed by atoms with Crippen molar-refractivity contribution in [2.75, 3.05) is 18.5 Å². The zero-order chi connectivity index (χ0) is 20.1. The molecule has 2 aromatic rings. The molecule has 0 spiro atoms. The fourth-order valence-electron chi connectivity index (χ4n) is 4.12. The van der Waals surface area contributed by atoms with Crippen LogP contribution in [-0.2, 0) is 4.74 Å². The molecule has 7 heteroatoms. The Kier molecular flexibility index (Phi) is 6.56. The van der Waals surface area contributed by atoms with Crippen molar-refractivity contribution in [1.82, 2.24) is 15.3 Å². The fourth-order valence-corrected chi connectivity index (χ4v) is 4.12. The summed E-state index contributed by atoms with van der Waals surface area (Å²) in [5.41, 5.74) is 1.36. The summed E-state index contributed by atoms with van der Waals surface area (Å²) in [6.45, 7) is 1.45. The average Bonchev–Trinajstić information content (AvgIpc) is 2.75. The first-order valence-electron chi connectivity index (χ1n) is 10.8. The monoisotopic (exact) mass is 398 g/mol. The molecule has 0 bridgehead atoms. The summed E-state index contributed by atoms with van der Waals surface area (Å²) in [4.78, 5) is 21.5. The van der Waals surface area contributed by atoms with Crippen molar-refractivity contribution in [3.8, 4) is 0 Å². The van der Waals surface area contributed by atoms with Gasteiger partial charge in [-0.25, -0.2) is 9.97 Å². The Hall–Kier alpha value is -2.25. The lowest BCUT2D eigenvalue weighted by Crippen LogP contribution is -2.29. The minimum absolute atomic E-state index is 0.0860. The Labute approximate surface area is 171 Å². The van der Waals surface area contributed by atoms with Crippen LogP contribution in [0.2, 0.25) is 0 Å². The van der Waals surface area contributed by atoms with E-state index >= 15 is 0 Å². The van der Waals surface area contributed by atoms with Crippen LogP contribution in [0.3, 0.4) is 0 Å². The molecule has 1 aliphatic carbocycles. The highest BCUT2D eigenvalue weighted by molar-refractivity contribution is 5.97. The molecule has 2 heterocycles. The van der Waals surface area contributed by atoms with E-state index in [9.17, 15) is 9.90 Å². The molecule has 1 saturated heterocycles. The van der Waals surface area contributed by atoms with Gasteiger partial charge in [-0.05, 0) is 63.5 Å². The number of amides is 1. The van der Waals surface area contributed by atoms with Crippen molar-refractivity contribution in [2.45, 2.75) is 69.6 Å². The molecule has 1 unspecified atom stereocenters. The molecule has 1 aromatic carbocycles. The van der Waals surface area contributed by atoms with E-state index in [1.165, 1.54) is 6.42 Å². The Morgan fingerprint density at radius 1 is 1.17 bits per heavy atom. The van der Waals surface area contributed by atoms with E-state index in [4.69, 9.17) is 4.74 Å². The van der Waals surface area contributed by atoms with E-state index in [1.807, 2.05) is 18.2 Å². The number of carbonyl (C=O) groups is 1. The van der Waals surface area contributed by atoms with Gasteiger partial charge in [-0.3, -0.25) is 4.79 Å². The second-order valence-electron chi connectivity index (χ2n) is 8.15. The number of aromatic nitrogens is 2. The molecule has 1 atom stereocenters. The van der Waals surface area contributed by atoms with E-state index in [-0.39, 0.29) is 24.2 Å². The van der Waals surface area contributed by atoms with Crippen molar-refractivity contribution in [1.29, 1.82) is 0 Å². The number of ether oxygens (including phenoxy) is 1. The third kappa shape index (κ3) is 5.42. The summed E-state index contributed by atoms with van der Waals surface area (Å²) in [5.74, 6) is 0.489. The van der Waals surface area contributed by atoms with E-state index in [2.05, 4.69) is 20.6 Å². The molecule has 1 aromatic heterocycles. The lowest BCUT2D eigenvalue weighted by atomic mass is 9.93. The van der Waals surface area contributed by atoms with E-state index < -0.39 is 0 Å². The van der Waals surface area contributed by atoms with Gasteiger partial charge in [0.25, 0.3) is 5.91 Å². The van der Waals surface area contributed by atoms with Gasteiger partial charge in [-0.15, -0.1) is 0 Å². The minimum Gasteiger partial charge on any atom is -0.393 e. The first-order valence-corrected chi connectivity index (χ1v) is 10.8. The molecule has 2 aliphatic rings. The van der Waals surface area contributed by atoms with Gasteiger partial charge in [0, 0.05) is 36.3 Å². The molecular weight excluding hydrogens is 368 g/mol. The van der Waals surface area contributed by atoms with E-state index in [0.717, 1.165) is 62.5 Å². The average molecular weight is 399 g/mol. The maximum absolute atomic E-state index is 12.5. The van der Waals surface area contributed by atoms with Gasteiger partial charge in [0.15, 0.2) is 0 Å². The number of nitrogens with one attached hydrogen (secondary N) is 2.